The lowest BCUT2D eigenvalue weighted by atomic mass is 10.1. The molecule has 0 fully saturated rings. The maximum absolute atomic E-state index is 12.7. The monoisotopic (exact) mass is 363 g/mol. The molecule has 0 unspecified atom stereocenters. The van der Waals surface area contributed by atoms with E-state index in [2.05, 4.69) is 14.9 Å². The Balaban J connectivity index is 1.62. The maximum Gasteiger partial charge on any atom is 0.263 e. The van der Waals surface area contributed by atoms with Crippen molar-refractivity contribution in [3.8, 4) is 11.3 Å². The zero-order valence-corrected chi connectivity index (χ0v) is 14.9. The number of sulfonamides is 1. The van der Waals surface area contributed by atoms with E-state index in [0.717, 1.165) is 27.6 Å². The SMILES string of the molecule is Cc1ccc(-c2cc(NS(=O)(=O)c3ccc4ccccc4c3)n[nH]2)cc1. The van der Waals surface area contributed by atoms with Gasteiger partial charge in [-0.25, -0.2) is 8.42 Å². The molecule has 0 aliphatic carbocycles. The molecular weight excluding hydrogens is 346 g/mol. The van der Waals surface area contributed by atoms with Gasteiger partial charge in [0.25, 0.3) is 10.0 Å². The number of aromatic amines is 1. The maximum atomic E-state index is 12.7. The van der Waals surface area contributed by atoms with Crippen LogP contribution in [0.5, 0.6) is 0 Å². The van der Waals surface area contributed by atoms with Crippen LogP contribution in [0.1, 0.15) is 5.56 Å². The summed E-state index contributed by atoms with van der Waals surface area (Å²) in [4.78, 5) is 0.205. The zero-order chi connectivity index (χ0) is 18.1. The van der Waals surface area contributed by atoms with Gasteiger partial charge in [0, 0.05) is 6.07 Å². The number of aromatic nitrogens is 2. The van der Waals surface area contributed by atoms with Crippen molar-refractivity contribution >= 4 is 26.6 Å². The molecule has 0 aliphatic rings. The first-order valence-corrected chi connectivity index (χ1v) is 9.64. The third-order valence-electron chi connectivity index (χ3n) is 4.21. The molecule has 1 heterocycles. The second-order valence-electron chi connectivity index (χ2n) is 6.15. The number of hydrogen-bond acceptors (Lipinski definition) is 3. The molecule has 0 bridgehead atoms. The predicted molar refractivity (Wildman–Crippen MR) is 104 cm³/mol. The first-order valence-electron chi connectivity index (χ1n) is 8.15. The van der Waals surface area contributed by atoms with Crippen LogP contribution in [0.25, 0.3) is 22.0 Å². The van der Waals surface area contributed by atoms with Gasteiger partial charge in [-0.2, -0.15) is 5.10 Å². The van der Waals surface area contributed by atoms with Gasteiger partial charge >= 0.3 is 0 Å². The van der Waals surface area contributed by atoms with Crippen LogP contribution in [0.2, 0.25) is 0 Å². The van der Waals surface area contributed by atoms with Crippen molar-refractivity contribution in [2.24, 2.45) is 0 Å². The van der Waals surface area contributed by atoms with Crippen LogP contribution in [0.3, 0.4) is 0 Å². The van der Waals surface area contributed by atoms with Crippen molar-refractivity contribution in [1.82, 2.24) is 10.2 Å². The van der Waals surface area contributed by atoms with Crippen molar-refractivity contribution in [3.05, 3.63) is 78.4 Å². The molecule has 130 valence electrons. The predicted octanol–water partition coefficient (Wildman–Crippen LogP) is 4.34. The fourth-order valence-electron chi connectivity index (χ4n) is 2.79. The third kappa shape index (κ3) is 3.19. The molecule has 4 aromatic rings. The first-order chi connectivity index (χ1) is 12.5. The summed E-state index contributed by atoms with van der Waals surface area (Å²) in [5, 5.41) is 8.81. The van der Waals surface area contributed by atoms with Crippen LogP contribution in [0.15, 0.2) is 77.7 Å². The van der Waals surface area contributed by atoms with Gasteiger partial charge in [0.2, 0.25) is 0 Å². The van der Waals surface area contributed by atoms with E-state index in [1.165, 1.54) is 0 Å². The van der Waals surface area contributed by atoms with Crippen LogP contribution >= 0.6 is 0 Å². The molecule has 1 aromatic heterocycles. The molecule has 6 heteroatoms. The lowest BCUT2D eigenvalue weighted by molar-refractivity contribution is 0.601. The average molecular weight is 363 g/mol. The lowest BCUT2D eigenvalue weighted by Gasteiger charge is -2.06. The largest absolute Gasteiger partial charge is 0.276 e. The van der Waals surface area contributed by atoms with E-state index in [-0.39, 0.29) is 10.7 Å². The number of aryl methyl sites for hydroxylation is 1. The highest BCUT2D eigenvalue weighted by Crippen LogP contribution is 2.23. The number of hydrogen-bond donors (Lipinski definition) is 2. The van der Waals surface area contributed by atoms with E-state index in [1.807, 2.05) is 55.5 Å². The molecule has 0 radical (unpaired) electrons. The van der Waals surface area contributed by atoms with Crippen LogP contribution in [0, 0.1) is 6.92 Å². The van der Waals surface area contributed by atoms with E-state index in [9.17, 15) is 8.42 Å². The minimum atomic E-state index is -3.71. The number of benzene rings is 3. The summed E-state index contributed by atoms with van der Waals surface area (Å²) in [6.45, 7) is 2.01. The Labute approximate surface area is 151 Å². The Morgan fingerprint density at radius 2 is 1.62 bits per heavy atom. The van der Waals surface area contributed by atoms with E-state index >= 15 is 0 Å². The standard InChI is InChI=1S/C20H17N3O2S/c1-14-6-8-16(9-7-14)19-13-20(22-21-19)23-26(24,25)18-11-10-15-4-2-3-5-17(15)12-18/h2-13H,1H3,(H2,21,22,23). The summed E-state index contributed by atoms with van der Waals surface area (Å²) >= 11 is 0. The van der Waals surface area contributed by atoms with Gasteiger partial charge in [-0.05, 0) is 35.4 Å². The molecule has 0 saturated carbocycles. The minimum Gasteiger partial charge on any atom is -0.276 e. The van der Waals surface area contributed by atoms with Crippen molar-refractivity contribution in [1.29, 1.82) is 0 Å². The number of fused-ring (bicyclic) bond motifs is 1. The Kier molecular flexibility index (Phi) is 3.97. The highest BCUT2D eigenvalue weighted by atomic mass is 32.2. The number of rotatable bonds is 4. The fourth-order valence-corrected chi connectivity index (χ4v) is 3.81. The molecule has 5 nitrogen and oxygen atoms in total. The Morgan fingerprint density at radius 3 is 2.38 bits per heavy atom. The smallest absolute Gasteiger partial charge is 0.263 e. The van der Waals surface area contributed by atoms with E-state index < -0.39 is 10.0 Å². The molecule has 0 saturated heterocycles. The molecule has 0 amide bonds. The van der Waals surface area contributed by atoms with Gasteiger partial charge in [-0.3, -0.25) is 9.82 Å². The molecule has 0 aliphatic heterocycles. The molecule has 4 rings (SSSR count). The van der Waals surface area contributed by atoms with Crippen molar-refractivity contribution in [3.63, 3.8) is 0 Å². The zero-order valence-electron chi connectivity index (χ0n) is 14.1. The van der Waals surface area contributed by atoms with E-state index in [0.29, 0.717) is 0 Å². The second-order valence-corrected chi connectivity index (χ2v) is 7.83. The number of nitrogens with zero attached hydrogens (tertiary/aromatic N) is 1. The Bertz CT molecular complexity index is 1180. The van der Waals surface area contributed by atoms with Gasteiger partial charge in [0.05, 0.1) is 10.6 Å². The third-order valence-corrected chi connectivity index (χ3v) is 5.56. The average Bonchev–Trinajstić information content (AvgIpc) is 3.09. The minimum absolute atomic E-state index is 0.205. The van der Waals surface area contributed by atoms with Crippen LogP contribution in [-0.2, 0) is 10.0 Å². The van der Waals surface area contributed by atoms with Gasteiger partial charge in [-0.15, -0.1) is 0 Å². The Hall–Kier alpha value is -3.12. The molecule has 0 atom stereocenters. The summed E-state index contributed by atoms with van der Waals surface area (Å²) in [5.74, 6) is 0.258. The van der Waals surface area contributed by atoms with Crippen molar-refractivity contribution < 1.29 is 8.42 Å². The summed E-state index contributed by atoms with van der Waals surface area (Å²) < 4.78 is 27.9. The van der Waals surface area contributed by atoms with Gasteiger partial charge in [0.15, 0.2) is 5.82 Å². The summed E-state index contributed by atoms with van der Waals surface area (Å²) in [6, 6.07) is 22.3. The summed E-state index contributed by atoms with van der Waals surface area (Å²) in [5.41, 5.74) is 2.85. The molecule has 0 spiro atoms. The summed E-state index contributed by atoms with van der Waals surface area (Å²) in [6.07, 6.45) is 0. The van der Waals surface area contributed by atoms with Crippen molar-refractivity contribution in [2.45, 2.75) is 11.8 Å². The van der Waals surface area contributed by atoms with Crippen LogP contribution in [0.4, 0.5) is 5.82 Å². The molecular formula is C20H17N3O2S. The van der Waals surface area contributed by atoms with E-state index in [1.54, 1.807) is 24.3 Å². The number of nitrogens with one attached hydrogen (secondary N) is 2. The van der Waals surface area contributed by atoms with Crippen LogP contribution in [-0.4, -0.2) is 18.6 Å². The first kappa shape index (κ1) is 16.4. The van der Waals surface area contributed by atoms with Gasteiger partial charge < -0.3 is 0 Å². The highest BCUT2D eigenvalue weighted by Gasteiger charge is 2.16. The molecule has 2 N–H and O–H groups in total. The number of anilines is 1. The van der Waals surface area contributed by atoms with Gasteiger partial charge in [-0.1, -0.05) is 60.2 Å². The number of H-pyrrole nitrogens is 1. The normalized spacial score (nSPS) is 11.6. The molecule has 26 heavy (non-hydrogen) atoms. The quantitative estimate of drug-likeness (QED) is 0.566. The Morgan fingerprint density at radius 1 is 0.885 bits per heavy atom. The van der Waals surface area contributed by atoms with Crippen molar-refractivity contribution in [2.75, 3.05) is 4.72 Å². The highest BCUT2D eigenvalue weighted by molar-refractivity contribution is 7.92. The lowest BCUT2D eigenvalue weighted by Crippen LogP contribution is -2.13. The van der Waals surface area contributed by atoms with Gasteiger partial charge in [0.1, 0.15) is 0 Å². The van der Waals surface area contributed by atoms with E-state index in [4.69, 9.17) is 0 Å². The second kappa shape index (κ2) is 6.31. The fraction of sp³-hybridized carbons (Fsp3) is 0.0500. The van der Waals surface area contributed by atoms with Crippen LogP contribution < -0.4 is 4.72 Å². The summed E-state index contributed by atoms with van der Waals surface area (Å²) in [7, 11) is -3.71. The molecule has 3 aromatic carbocycles. The topological polar surface area (TPSA) is 74.8 Å².